The van der Waals surface area contributed by atoms with Crippen molar-refractivity contribution < 1.29 is 23.1 Å². The van der Waals surface area contributed by atoms with Crippen LogP contribution < -0.4 is 5.32 Å². The van der Waals surface area contributed by atoms with Gasteiger partial charge in [-0.05, 0) is 35.2 Å². The Balaban J connectivity index is 1.75. The smallest absolute Gasteiger partial charge is 0.417 e. The van der Waals surface area contributed by atoms with Crippen LogP contribution in [0.4, 0.5) is 24.1 Å². The SMILES string of the molecule is CC(C)Cc1sc(Nc2ncc(C(F)(F)F)cc2C(=O)O)nc1-c1ccc2ccccc2c1. The van der Waals surface area contributed by atoms with Gasteiger partial charge >= 0.3 is 12.1 Å². The number of hydrogen-bond donors (Lipinski definition) is 2. The summed E-state index contributed by atoms with van der Waals surface area (Å²) in [5.74, 6) is -1.36. The van der Waals surface area contributed by atoms with Crippen LogP contribution in [0.15, 0.2) is 54.7 Å². The number of halogens is 3. The van der Waals surface area contributed by atoms with Crippen molar-refractivity contribution in [3.05, 3.63) is 70.7 Å². The number of carboxylic acid groups (broad SMARTS) is 1. The number of aromatic carboxylic acids is 1. The Morgan fingerprint density at radius 1 is 1.12 bits per heavy atom. The van der Waals surface area contributed by atoms with E-state index in [0.29, 0.717) is 23.3 Å². The summed E-state index contributed by atoms with van der Waals surface area (Å²) in [6.07, 6.45) is -3.33. The molecule has 0 aliphatic rings. The molecule has 4 aromatic rings. The Morgan fingerprint density at radius 3 is 2.52 bits per heavy atom. The maximum Gasteiger partial charge on any atom is 0.417 e. The van der Waals surface area contributed by atoms with E-state index in [9.17, 15) is 23.1 Å². The third-order valence-corrected chi connectivity index (χ3v) is 5.98. The van der Waals surface area contributed by atoms with Gasteiger partial charge in [0.2, 0.25) is 0 Å². The topological polar surface area (TPSA) is 75.1 Å². The van der Waals surface area contributed by atoms with Crippen LogP contribution in [-0.2, 0) is 12.6 Å². The van der Waals surface area contributed by atoms with Crippen molar-refractivity contribution in [1.29, 1.82) is 0 Å². The summed E-state index contributed by atoms with van der Waals surface area (Å²) in [5.41, 5.74) is -0.0298. The Bertz CT molecular complexity index is 1330. The van der Waals surface area contributed by atoms with Gasteiger partial charge in [0.1, 0.15) is 11.4 Å². The largest absolute Gasteiger partial charge is 0.478 e. The van der Waals surface area contributed by atoms with E-state index in [2.05, 4.69) is 29.1 Å². The molecule has 0 saturated heterocycles. The number of nitrogens with one attached hydrogen (secondary N) is 1. The van der Waals surface area contributed by atoms with Crippen molar-refractivity contribution in [1.82, 2.24) is 9.97 Å². The molecule has 0 radical (unpaired) electrons. The van der Waals surface area contributed by atoms with Gasteiger partial charge in [0, 0.05) is 16.6 Å². The average Bonchev–Trinajstić information content (AvgIpc) is 3.14. The van der Waals surface area contributed by atoms with Crippen molar-refractivity contribution in [2.24, 2.45) is 5.92 Å². The highest BCUT2D eigenvalue weighted by Gasteiger charge is 2.32. The lowest BCUT2D eigenvalue weighted by Crippen LogP contribution is -2.11. The number of pyridine rings is 1. The molecule has 5 nitrogen and oxygen atoms in total. The molecule has 0 fully saturated rings. The Labute approximate surface area is 191 Å². The molecule has 0 spiro atoms. The summed E-state index contributed by atoms with van der Waals surface area (Å²) in [6, 6.07) is 14.6. The van der Waals surface area contributed by atoms with Gasteiger partial charge in [-0.3, -0.25) is 0 Å². The van der Waals surface area contributed by atoms with Crippen molar-refractivity contribution in [3.8, 4) is 11.3 Å². The zero-order chi connectivity index (χ0) is 23.8. The first-order valence-electron chi connectivity index (χ1n) is 10.2. The fourth-order valence-corrected chi connectivity index (χ4v) is 4.66. The summed E-state index contributed by atoms with van der Waals surface area (Å²) < 4.78 is 39.0. The molecule has 0 unspecified atom stereocenters. The fraction of sp³-hybridized carbons (Fsp3) is 0.208. The molecule has 0 aliphatic heterocycles. The minimum Gasteiger partial charge on any atom is -0.478 e. The van der Waals surface area contributed by atoms with E-state index in [1.165, 1.54) is 11.3 Å². The number of carboxylic acids is 1. The maximum absolute atomic E-state index is 13.0. The van der Waals surface area contributed by atoms with Gasteiger partial charge in [0.25, 0.3) is 0 Å². The van der Waals surface area contributed by atoms with Crippen LogP contribution in [-0.4, -0.2) is 21.0 Å². The van der Waals surface area contributed by atoms with Gasteiger partial charge in [-0.15, -0.1) is 11.3 Å². The molecule has 4 rings (SSSR count). The van der Waals surface area contributed by atoms with Gasteiger partial charge in [-0.2, -0.15) is 13.2 Å². The normalized spacial score (nSPS) is 11.8. The number of benzene rings is 2. The van der Waals surface area contributed by atoms with E-state index < -0.39 is 23.3 Å². The summed E-state index contributed by atoms with van der Waals surface area (Å²) in [7, 11) is 0. The van der Waals surface area contributed by atoms with E-state index in [0.717, 1.165) is 33.3 Å². The van der Waals surface area contributed by atoms with E-state index in [1.54, 1.807) is 0 Å². The first kappa shape index (κ1) is 22.7. The van der Waals surface area contributed by atoms with Crippen LogP contribution in [0.2, 0.25) is 0 Å². The quantitative estimate of drug-likeness (QED) is 0.316. The molecule has 0 amide bonds. The van der Waals surface area contributed by atoms with Crippen LogP contribution in [0.1, 0.15) is 34.6 Å². The summed E-state index contributed by atoms with van der Waals surface area (Å²) in [5, 5.41) is 14.8. The van der Waals surface area contributed by atoms with E-state index in [-0.39, 0.29) is 5.82 Å². The van der Waals surface area contributed by atoms with E-state index in [1.807, 2.05) is 42.5 Å². The van der Waals surface area contributed by atoms with Crippen LogP contribution in [0.3, 0.4) is 0 Å². The first-order chi connectivity index (χ1) is 15.6. The number of thiazole rings is 1. The van der Waals surface area contributed by atoms with E-state index in [4.69, 9.17) is 0 Å². The Hall–Kier alpha value is -3.46. The lowest BCUT2D eigenvalue weighted by molar-refractivity contribution is -0.137. The van der Waals surface area contributed by atoms with Crippen molar-refractivity contribution in [2.45, 2.75) is 26.4 Å². The number of hydrogen-bond acceptors (Lipinski definition) is 5. The van der Waals surface area contributed by atoms with Crippen molar-refractivity contribution >= 4 is 39.0 Å². The number of fused-ring (bicyclic) bond motifs is 1. The number of aromatic nitrogens is 2. The fourth-order valence-electron chi connectivity index (χ4n) is 3.46. The van der Waals surface area contributed by atoms with Crippen LogP contribution in [0.25, 0.3) is 22.0 Å². The second-order valence-corrected chi connectivity index (χ2v) is 9.08. The zero-order valence-electron chi connectivity index (χ0n) is 17.8. The number of alkyl halides is 3. The van der Waals surface area contributed by atoms with Crippen molar-refractivity contribution in [2.75, 3.05) is 5.32 Å². The van der Waals surface area contributed by atoms with Crippen molar-refractivity contribution in [3.63, 3.8) is 0 Å². The average molecular weight is 472 g/mol. The van der Waals surface area contributed by atoms with Gasteiger partial charge in [-0.1, -0.05) is 50.2 Å². The number of rotatable bonds is 6. The van der Waals surface area contributed by atoms with Crippen LogP contribution in [0, 0.1) is 5.92 Å². The number of carbonyl (C=O) groups is 1. The highest BCUT2D eigenvalue weighted by molar-refractivity contribution is 7.16. The minimum absolute atomic E-state index is 0.189. The number of nitrogens with zero attached hydrogens (tertiary/aromatic N) is 2. The van der Waals surface area contributed by atoms with Crippen LogP contribution in [0.5, 0.6) is 0 Å². The van der Waals surface area contributed by atoms with Gasteiger partial charge < -0.3 is 10.4 Å². The Kier molecular flexibility index (Phi) is 6.07. The molecular weight excluding hydrogens is 451 g/mol. The molecule has 33 heavy (non-hydrogen) atoms. The molecule has 2 N–H and O–H groups in total. The molecule has 0 saturated carbocycles. The second kappa shape index (κ2) is 8.82. The highest BCUT2D eigenvalue weighted by Crippen LogP contribution is 2.36. The molecule has 2 aromatic heterocycles. The Morgan fingerprint density at radius 2 is 1.85 bits per heavy atom. The zero-order valence-corrected chi connectivity index (χ0v) is 18.6. The summed E-state index contributed by atoms with van der Waals surface area (Å²) >= 11 is 1.34. The molecule has 9 heteroatoms. The predicted molar refractivity (Wildman–Crippen MR) is 123 cm³/mol. The molecule has 0 aliphatic carbocycles. The van der Waals surface area contributed by atoms with E-state index >= 15 is 0 Å². The monoisotopic (exact) mass is 471 g/mol. The van der Waals surface area contributed by atoms with Gasteiger partial charge in [0.15, 0.2) is 5.13 Å². The first-order valence-corrected chi connectivity index (χ1v) is 11.0. The lowest BCUT2D eigenvalue weighted by atomic mass is 10.0. The summed E-state index contributed by atoms with van der Waals surface area (Å²) in [6.45, 7) is 4.16. The van der Waals surface area contributed by atoms with Gasteiger partial charge in [0.05, 0.1) is 11.3 Å². The highest BCUT2D eigenvalue weighted by atomic mass is 32.1. The third kappa shape index (κ3) is 4.98. The molecule has 170 valence electrons. The van der Waals surface area contributed by atoms with Gasteiger partial charge in [-0.25, -0.2) is 14.8 Å². The molecule has 0 atom stereocenters. The number of anilines is 2. The molecular formula is C24H20F3N3O2S. The minimum atomic E-state index is -4.69. The third-order valence-electron chi connectivity index (χ3n) is 4.98. The lowest BCUT2D eigenvalue weighted by Gasteiger charge is -2.10. The summed E-state index contributed by atoms with van der Waals surface area (Å²) in [4.78, 5) is 21.0. The molecule has 0 bridgehead atoms. The second-order valence-electron chi connectivity index (χ2n) is 8.00. The predicted octanol–water partition coefficient (Wildman–Crippen LogP) is 7.02. The molecule has 2 aromatic carbocycles. The molecule has 2 heterocycles. The maximum atomic E-state index is 13.0. The van der Waals surface area contributed by atoms with Crippen LogP contribution >= 0.6 is 11.3 Å². The standard InChI is InChI=1S/C24H20F3N3O2S/c1-13(2)9-19-20(16-8-7-14-5-3-4-6-15(14)10-16)29-23(33-19)30-21-18(22(31)32)11-17(12-28-21)24(25,26)27/h3-8,10-13H,9H2,1-2H3,(H,31,32)(H,28,29,30).